The molecule has 0 radical (unpaired) electrons. The normalized spacial score (nSPS) is 10.3. The second kappa shape index (κ2) is 4.87. The fraction of sp³-hybridized carbons (Fsp3) is 0.250. The Morgan fingerprint density at radius 1 is 1.44 bits per heavy atom. The van der Waals surface area contributed by atoms with Crippen molar-refractivity contribution in [2.45, 2.75) is 13.5 Å². The molecule has 1 aromatic heterocycles. The van der Waals surface area contributed by atoms with Gasteiger partial charge in [0.15, 0.2) is 0 Å². The molecule has 0 saturated heterocycles. The molecule has 6 heteroatoms. The molecular formula is C12H14N4O2. The standard InChI is InChI=1S/C12H14N4O2/c1-9-4-3-5-10(6-9)14-11(17)7-16-12(18)15(2)8-13-16/h3-6,8H,7H2,1-2H3,(H,14,17). The largest absolute Gasteiger partial charge is 0.345 e. The molecule has 0 atom stereocenters. The van der Waals surface area contributed by atoms with Crippen LogP contribution in [0.3, 0.4) is 0 Å². The van der Waals surface area contributed by atoms with Crippen LogP contribution in [0.4, 0.5) is 5.69 Å². The maximum absolute atomic E-state index is 11.7. The SMILES string of the molecule is Cc1cccc(NC(=O)Cn2ncn(C)c2=O)c1. The van der Waals surface area contributed by atoms with Crippen LogP contribution in [-0.2, 0) is 18.4 Å². The smallest absolute Gasteiger partial charge is 0.324 e. The Balaban J connectivity index is 2.05. The molecule has 0 fully saturated rings. The van der Waals surface area contributed by atoms with Crippen molar-refractivity contribution in [2.75, 3.05) is 5.32 Å². The monoisotopic (exact) mass is 246 g/mol. The van der Waals surface area contributed by atoms with Crippen LogP contribution in [0.1, 0.15) is 5.56 Å². The van der Waals surface area contributed by atoms with Crippen LogP contribution < -0.4 is 11.0 Å². The average Bonchev–Trinajstić information content (AvgIpc) is 2.61. The van der Waals surface area contributed by atoms with Gasteiger partial charge in [0, 0.05) is 12.7 Å². The lowest BCUT2D eigenvalue weighted by Gasteiger charge is -2.05. The lowest BCUT2D eigenvalue weighted by atomic mass is 10.2. The van der Waals surface area contributed by atoms with Crippen LogP contribution in [-0.4, -0.2) is 20.3 Å². The van der Waals surface area contributed by atoms with Gasteiger partial charge in [-0.15, -0.1) is 0 Å². The second-order valence-electron chi connectivity index (χ2n) is 4.10. The van der Waals surface area contributed by atoms with E-state index < -0.39 is 0 Å². The Morgan fingerprint density at radius 3 is 2.83 bits per heavy atom. The van der Waals surface area contributed by atoms with E-state index in [4.69, 9.17) is 0 Å². The number of aromatic nitrogens is 3. The number of nitrogens with one attached hydrogen (secondary N) is 1. The number of nitrogens with zero attached hydrogens (tertiary/aromatic N) is 3. The highest BCUT2D eigenvalue weighted by molar-refractivity contribution is 5.90. The van der Waals surface area contributed by atoms with Crippen LogP contribution in [0.5, 0.6) is 0 Å². The maximum Gasteiger partial charge on any atom is 0.345 e. The number of anilines is 1. The van der Waals surface area contributed by atoms with E-state index in [0.29, 0.717) is 5.69 Å². The van der Waals surface area contributed by atoms with E-state index in [-0.39, 0.29) is 18.1 Å². The molecule has 0 aliphatic carbocycles. The van der Waals surface area contributed by atoms with Crippen molar-refractivity contribution in [1.82, 2.24) is 14.3 Å². The summed E-state index contributed by atoms with van der Waals surface area (Å²) >= 11 is 0. The van der Waals surface area contributed by atoms with E-state index in [1.54, 1.807) is 13.1 Å². The van der Waals surface area contributed by atoms with Crippen LogP contribution >= 0.6 is 0 Å². The lowest BCUT2D eigenvalue weighted by molar-refractivity contribution is -0.117. The van der Waals surface area contributed by atoms with E-state index in [2.05, 4.69) is 10.4 Å². The van der Waals surface area contributed by atoms with Gasteiger partial charge in [-0.05, 0) is 24.6 Å². The van der Waals surface area contributed by atoms with Crippen LogP contribution in [0.2, 0.25) is 0 Å². The van der Waals surface area contributed by atoms with Gasteiger partial charge in [0.25, 0.3) is 0 Å². The van der Waals surface area contributed by atoms with E-state index in [1.807, 2.05) is 25.1 Å². The first kappa shape index (κ1) is 12.1. The zero-order valence-corrected chi connectivity index (χ0v) is 10.3. The summed E-state index contributed by atoms with van der Waals surface area (Å²) in [7, 11) is 1.59. The molecule has 0 spiro atoms. The highest BCUT2D eigenvalue weighted by Crippen LogP contribution is 2.09. The molecule has 0 saturated carbocycles. The van der Waals surface area contributed by atoms with Crippen molar-refractivity contribution < 1.29 is 4.79 Å². The first-order valence-corrected chi connectivity index (χ1v) is 5.51. The quantitative estimate of drug-likeness (QED) is 0.858. The van der Waals surface area contributed by atoms with Crippen molar-refractivity contribution in [2.24, 2.45) is 7.05 Å². The van der Waals surface area contributed by atoms with Crippen molar-refractivity contribution in [3.63, 3.8) is 0 Å². The molecule has 2 aromatic rings. The topological polar surface area (TPSA) is 68.9 Å². The molecule has 18 heavy (non-hydrogen) atoms. The Morgan fingerprint density at radius 2 is 2.22 bits per heavy atom. The Kier molecular flexibility index (Phi) is 3.27. The summed E-state index contributed by atoms with van der Waals surface area (Å²) in [6.45, 7) is 1.85. The summed E-state index contributed by atoms with van der Waals surface area (Å²) in [5.74, 6) is -0.276. The van der Waals surface area contributed by atoms with Gasteiger partial charge in [-0.25, -0.2) is 9.48 Å². The maximum atomic E-state index is 11.7. The average molecular weight is 246 g/mol. The predicted octanol–water partition coefficient (Wildman–Crippen LogP) is 0.529. The Hall–Kier alpha value is -2.37. The summed E-state index contributed by atoms with van der Waals surface area (Å²) in [5.41, 5.74) is 1.46. The molecular weight excluding hydrogens is 232 g/mol. The highest BCUT2D eigenvalue weighted by Gasteiger charge is 2.07. The minimum Gasteiger partial charge on any atom is -0.324 e. The number of rotatable bonds is 3. The van der Waals surface area contributed by atoms with Gasteiger partial charge in [-0.3, -0.25) is 9.36 Å². The van der Waals surface area contributed by atoms with E-state index in [0.717, 1.165) is 10.2 Å². The van der Waals surface area contributed by atoms with Gasteiger partial charge < -0.3 is 5.32 Å². The van der Waals surface area contributed by atoms with E-state index in [1.165, 1.54) is 10.9 Å². The first-order valence-electron chi connectivity index (χ1n) is 5.51. The van der Waals surface area contributed by atoms with Crippen LogP contribution in [0.15, 0.2) is 35.4 Å². The molecule has 0 unspecified atom stereocenters. The van der Waals surface area contributed by atoms with Gasteiger partial charge in [0.2, 0.25) is 5.91 Å². The Labute approximate surface area is 104 Å². The molecule has 0 bridgehead atoms. The minimum atomic E-state index is -0.311. The number of benzene rings is 1. The van der Waals surface area contributed by atoms with Crippen LogP contribution in [0.25, 0.3) is 0 Å². The molecule has 0 aliphatic rings. The van der Waals surface area contributed by atoms with E-state index >= 15 is 0 Å². The van der Waals surface area contributed by atoms with Crippen molar-refractivity contribution in [1.29, 1.82) is 0 Å². The molecule has 1 amide bonds. The fourth-order valence-corrected chi connectivity index (χ4v) is 1.59. The molecule has 1 aromatic carbocycles. The molecule has 0 aliphatic heterocycles. The van der Waals surface area contributed by atoms with Gasteiger partial charge in [-0.1, -0.05) is 12.1 Å². The third-order valence-electron chi connectivity index (χ3n) is 2.48. The van der Waals surface area contributed by atoms with Gasteiger partial charge in [-0.2, -0.15) is 5.10 Å². The third-order valence-corrected chi connectivity index (χ3v) is 2.48. The van der Waals surface area contributed by atoms with E-state index in [9.17, 15) is 9.59 Å². The second-order valence-corrected chi connectivity index (χ2v) is 4.10. The molecule has 2 rings (SSSR count). The predicted molar refractivity (Wildman–Crippen MR) is 67.3 cm³/mol. The molecule has 6 nitrogen and oxygen atoms in total. The summed E-state index contributed by atoms with van der Waals surface area (Å²) in [4.78, 5) is 23.2. The number of amides is 1. The number of hydrogen-bond donors (Lipinski definition) is 1. The summed E-state index contributed by atoms with van der Waals surface area (Å²) < 4.78 is 2.44. The van der Waals surface area contributed by atoms with Gasteiger partial charge in [0.1, 0.15) is 12.9 Å². The van der Waals surface area contributed by atoms with Gasteiger partial charge in [0.05, 0.1) is 0 Å². The molecule has 1 N–H and O–H groups in total. The van der Waals surface area contributed by atoms with Crippen molar-refractivity contribution >= 4 is 11.6 Å². The fourth-order valence-electron chi connectivity index (χ4n) is 1.59. The zero-order chi connectivity index (χ0) is 13.1. The van der Waals surface area contributed by atoms with Crippen LogP contribution in [0, 0.1) is 6.92 Å². The zero-order valence-electron chi connectivity index (χ0n) is 10.3. The molecule has 1 heterocycles. The number of hydrogen-bond acceptors (Lipinski definition) is 3. The summed E-state index contributed by atoms with van der Waals surface area (Å²) in [5, 5.41) is 6.54. The number of aryl methyl sites for hydroxylation is 2. The number of carbonyl (C=O) groups is 1. The number of carbonyl (C=O) groups excluding carboxylic acids is 1. The van der Waals surface area contributed by atoms with Crippen molar-refractivity contribution in [3.05, 3.63) is 46.6 Å². The lowest BCUT2D eigenvalue weighted by Crippen LogP contribution is -2.29. The molecule has 94 valence electrons. The Bertz CT molecular complexity index is 627. The highest BCUT2D eigenvalue weighted by atomic mass is 16.2. The summed E-state index contributed by atoms with van der Waals surface area (Å²) in [6.07, 6.45) is 1.38. The first-order chi connectivity index (χ1) is 8.56. The third kappa shape index (κ3) is 2.65. The van der Waals surface area contributed by atoms with Gasteiger partial charge >= 0.3 is 5.69 Å². The van der Waals surface area contributed by atoms with Crippen molar-refractivity contribution in [3.8, 4) is 0 Å². The minimum absolute atomic E-state index is 0.0897. The summed E-state index contributed by atoms with van der Waals surface area (Å²) in [6, 6.07) is 7.46.